The molecular weight excluding hydrogens is 264 g/mol. The lowest BCUT2D eigenvalue weighted by atomic mass is 10.1. The highest BCUT2D eigenvalue weighted by molar-refractivity contribution is 5.31. The molecule has 5 nitrogen and oxygen atoms in total. The van der Waals surface area contributed by atoms with Crippen molar-refractivity contribution in [1.82, 2.24) is 14.5 Å². The number of anilines is 1. The Hall–Kier alpha value is -1.85. The van der Waals surface area contributed by atoms with Crippen molar-refractivity contribution in [1.29, 1.82) is 0 Å². The van der Waals surface area contributed by atoms with Gasteiger partial charge in [0, 0.05) is 52.2 Å². The number of piperazine rings is 1. The number of nitrogens with zero attached hydrogens (tertiary/aromatic N) is 4. The van der Waals surface area contributed by atoms with Crippen LogP contribution in [-0.2, 0) is 7.05 Å². The molecule has 2 heterocycles. The molecule has 112 valence electrons. The van der Waals surface area contributed by atoms with E-state index in [1.165, 1.54) is 0 Å². The number of imidazole rings is 1. The van der Waals surface area contributed by atoms with E-state index in [0.29, 0.717) is 6.54 Å². The first-order valence-corrected chi connectivity index (χ1v) is 7.41. The van der Waals surface area contributed by atoms with Crippen LogP contribution in [0.4, 0.5) is 5.95 Å². The summed E-state index contributed by atoms with van der Waals surface area (Å²) in [4.78, 5) is 9.01. The standard InChI is InChI=1S/C16H22N4O/c1-18-8-7-17-16(18)20-11-9-19(10-12-20)13-15(21)14-5-3-2-4-6-14/h2-8,15,21H,9-13H2,1H3/t15-/m1/s1. The van der Waals surface area contributed by atoms with E-state index in [2.05, 4.69) is 19.4 Å². The van der Waals surface area contributed by atoms with E-state index < -0.39 is 6.10 Å². The number of aryl methyl sites for hydroxylation is 1. The number of aromatic nitrogens is 2. The zero-order valence-corrected chi connectivity index (χ0v) is 12.4. The average molecular weight is 286 g/mol. The lowest BCUT2D eigenvalue weighted by Gasteiger charge is -2.36. The third-order valence-corrected chi connectivity index (χ3v) is 4.07. The minimum Gasteiger partial charge on any atom is -0.387 e. The molecule has 0 spiro atoms. The second kappa shape index (κ2) is 6.28. The molecule has 0 aliphatic carbocycles. The second-order valence-corrected chi connectivity index (χ2v) is 5.55. The molecular formula is C16H22N4O. The quantitative estimate of drug-likeness (QED) is 0.919. The van der Waals surface area contributed by atoms with E-state index in [1.807, 2.05) is 49.8 Å². The minimum atomic E-state index is -0.411. The Morgan fingerprint density at radius 1 is 1.14 bits per heavy atom. The maximum atomic E-state index is 10.3. The molecule has 1 saturated heterocycles. The molecule has 0 bridgehead atoms. The summed E-state index contributed by atoms with van der Waals surface area (Å²) < 4.78 is 2.05. The number of β-amino-alcohol motifs (C(OH)–C–C–N with tert-alkyl or cyclic N) is 1. The molecule has 1 aromatic heterocycles. The van der Waals surface area contributed by atoms with Crippen LogP contribution in [0.2, 0.25) is 0 Å². The van der Waals surface area contributed by atoms with Gasteiger partial charge in [0.25, 0.3) is 0 Å². The van der Waals surface area contributed by atoms with Crippen LogP contribution in [0, 0.1) is 0 Å². The summed E-state index contributed by atoms with van der Waals surface area (Å²) in [5.74, 6) is 1.03. The number of aliphatic hydroxyl groups excluding tert-OH is 1. The molecule has 1 aliphatic heterocycles. The minimum absolute atomic E-state index is 0.411. The van der Waals surface area contributed by atoms with Gasteiger partial charge in [0.1, 0.15) is 0 Å². The maximum absolute atomic E-state index is 10.3. The molecule has 0 unspecified atom stereocenters. The van der Waals surface area contributed by atoms with E-state index in [-0.39, 0.29) is 0 Å². The topological polar surface area (TPSA) is 44.5 Å². The van der Waals surface area contributed by atoms with Gasteiger partial charge in [-0.3, -0.25) is 4.90 Å². The maximum Gasteiger partial charge on any atom is 0.205 e. The van der Waals surface area contributed by atoms with Gasteiger partial charge in [0.2, 0.25) is 5.95 Å². The van der Waals surface area contributed by atoms with Crippen molar-refractivity contribution >= 4 is 5.95 Å². The summed E-state index contributed by atoms with van der Waals surface area (Å²) in [7, 11) is 2.02. The number of aliphatic hydroxyl groups is 1. The molecule has 2 aromatic rings. The Morgan fingerprint density at radius 2 is 1.86 bits per heavy atom. The van der Waals surface area contributed by atoms with Crippen LogP contribution in [0.3, 0.4) is 0 Å². The fourth-order valence-electron chi connectivity index (χ4n) is 2.82. The number of benzene rings is 1. The van der Waals surface area contributed by atoms with Gasteiger partial charge in [-0.15, -0.1) is 0 Å². The predicted octanol–water partition coefficient (Wildman–Crippen LogP) is 1.28. The summed E-state index contributed by atoms with van der Waals surface area (Å²) in [6.07, 6.45) is 3.40. The summed E-state index contributed by atoms with van der Waals surface area (Å²) in [5, 5.41) is 10.3. The summed E-state index contributed by atoms with van der Waals surface area (Å²) in [5.41, 5.74) is 0.990. The number of hydrogen-bond donors (Lipinski definition) is 1. The van der Waals surface area contributed by atoms with Crippen LogP contribution in [0.5, 0.6) is 0 Å². The van der Waals surface area contributed by atoms with Crippen LogP contribution < -0.4 is 4.90 Å². The van der Waals surface area contributed by atoms with Crippen LogP contribution in [0.1, 0.15) is 11.7 Å². The lowest BCUT2D eigenvalue weighted by Crippen LogP contribution is -2.48. The zero-order chi connectivity index (χ0) is 14.7. The van der Waals surface area contributed by atoms with Crippen molar-refractivity contribution < 1.29 is 5.11 Å². The first-order valence-electron chi connectivity index (χ1n) is 7.41. The third-order valence-electron chi connectivity index (χ3n) is 4.07. The van der Waals surface area contributed by atoms with E-state index in [4.69, 9.17) is 0 Å². The molecule has 1 fully saturated rings. The Morgan fingerprint density at radius 3 is 2.48 bits per heavy atom. The van der Waals surface area contributed by atoms with Crippen molar-refractivity contribution in [2.24, 2.45) is 7.05 Å². The molecule has 0 amide bonds. The highest BCUT2D eigenvalue weighted by Gasteiger charge is 2.21. The van der Waals surface area contributed by atoms with Gasteiger partial charge in [-0.1, -0.05) is 30.3 Å². The molecule has 1 aromatic carbocycles. The molecule has 3 rings (SSSR count). The molecule has 1 aliphatic rings. The SMILES string of the molecule is Cn1ccnc1N1CCN(C[C@@H](O)c2ccccc2)CC1. The highest BCUT2D eigenvalue weighted by Crippen LogP contribution is 2.17. The molecule has 0 radical (unpaired) electrons. The third kappa shape index (κ3) is 3.25. The zero-order valence-electron chi connectivity index (χ0n) is 12.4. The summed E-state index contributed by atoms with van der Waals surface area (Å²) >= 11 is 0. The Labute approximate surface area is 125 Å². The van der Waals surface area contributed by atoms with Crippen LogP contribution >= 0.6 is 0 Å². The normalized spacial score (nSPS) is 17.9. The Kier molecular flexibility index (Phi) is 4.22. The second-order valence-electron chi connectivity index (χ2n) is 5.55. The fourth-order valence-corrected chi connectivity index (χ4v) is 2.82. The fraction of sp³-hybridized carbons (Fsp3) is 0.438. The summed E-state index contributed by atoms with van der Waals surface area (Å²) in [6.45, 7) is 4.50. The van der Waals surface area contributed by atoms with Crippen LogP contribution in [0.15, 0.2) is 42.7 Å². The first-order chi connectivity index (χ1) is 10.2. The Bertz CT molecular complexity index is 561. The van der Waals surface area contributed by atoms with Crippen molar-refractivity contribution in [2.75, 3.05) is 37.6 Å². The van der Waals surface area contributed by atoms with E-state index in [0.717, 1.165) is 37.7 Å². The van der Waals surface area contributed by atoms with Crippen molar-refractivity contribution in [3.63, 3.8) is 0 Å². The first kappa shape index (κ1) is 14.1. The predicted molar refractivity (Wildman–Crippen MR) is 83.3 cm³/mol. The Balaban J connectivity index is 1.53. The summed E-state index contributed by atoms with van der Waals surface area (Å²) in [6, 6.07) is 9.88. The van der Waals surface area contributed by atoms with Crippen LogP contribution in [0.25, 0.3) is 0 Å². The monoisotopic (exact) mass is 286 g/mol. The number of rotatable bonds is 4. The van der Waals surface area contributed by atoms with Crippen molar-refractivity contribution in [3.8, 4) is 0 Å². The molecule has 5 heteroatoms. The lowest BCUT2D eigenvalue weighted by molar-refractivity contribution is 0.109. The van der Waals surface area contributed by atoms with Gasteiger partial charge in [0.05, 0.1) is 6.10 Å². The van der Waals surface area contributed by atoms with Gasteiger partial charge in [-0.05, 0) is 5.56 Å². The van der Waals surface area contributed by atoms with Crippen molar-refractivity contribution in [3.05, 3.63) is 48.3 Å². The largest absolute Gasteiger partial charge is 0.387 e. The molecule has 0 saturated carbocycles. The van der Waals surface area contributed by atoms with Gasteiger partial charge < -0.3 is 14.6 Å². The van der Waals surface area contributed by atoms with E-state index in [9.17, 15) is 5.11 Å². The van der Waals surface area contributed by atoms with Crippen molar-refractivity contribution in [2.45, 2.75) is 6.10 Å². The number of hydrogen-bond acceptors (Lipinski definition) is 4. The molecule has 1 atom stereocenters. The van der Waals surface area contributed by atoms with E-state index >= 15 is 0 Å². The molecule has 21 heavy (non-hydrogen) atoms. The van der Waals surface area contributed by atoms with Gasteiger partial charge in [-0.25, -0.2) is 4.98 Å². The van der Waals surface area contributed by atoms with Gasteiger partial charge in [-0.2, -0.15) is 0 Å². The highest BCUT2D eigenvalue weighted by atomic mass is 16.3. The van der Waals surface area contributed by atoms with Crippen LogP contribution in [-0.4, -0.2) is 52.3 Å². The molecule has 1 N–H and O–H groups in total. The van der Waals surface area contributed by atoms with Gasteiger partial charge >= 0.3 is 0 Å². The smallest absolute Gasteiger partial charge is 0.205 e. The van der Waals surface area contributed by atoms with Gasteiger partial charge in [0.15, 0.2) is 0 Å². The van der Waals surface area contributed by atoms with E-state index in [1.54, 1.807) is 0 Å². The average Bonchev–Trinajstić information content (AvgIpc) is 2.95.